The highest BCUT2D eigenvalue weighted by atomic mass is 16.1. The molecule has 0 saturated carbocycles. The van der Waals surface area contributed by atoms with Gasteiger partial charge in [-0.05, 0) is 13.0 Å². The zero-order valence-corrected chi connectivity index (χ0v) is 6.03. The number of nitrogens with two attached hydrogens (primary N) is 1. The zero-order chi connectivity index (χ0) is 8.27. The van der Waals surface area contributed by atoms with Crippen molar-refractivity contribution in [1.29, 1.82) is 0 Å². The molecule has 0 aliphatic heterocycles. The number of hydrogen-bond donors (Lipinski definition) is 1. The van der Waals surface area contributed by atoms with Crippen molar-refractivity contribution in [3.63, 3.8) is 0 Å². The average molecular weight is 149 g/mol. The second-order valence-corrected chi connectivity index (χ2v) is 1.85. The average Bonchev–Trinajstić information content (AvgIpc) is 1.97. The lowest BCUT2D eigenvalue weighted by molar-refractivity contribution is 0.958. The van der Waals surface area contributed by atoms with Crippen molar-refractivity contribution < 1.29 is 0 Å². The lowest BCUT2D eigenvalue weighted by Crippen LogP contribution is -2.21. The predicted octanol–water partition coefficient (Wildman–Crippen LogP) is -0.346. The van der Waals surface area contributed by atoms with E-state index in [9.17, 15) is 4.79 Å². The van der Waals surface area contributed by atoms with Gasteiger partial charge in [-0.1, -0.05) is 5.92 Å². The topological polar surface area (TPSA) is 60.9 Å². The minimum atomic E-state index is -0.445. The molecule has 0 aliphatic carbocycles. The highest BCUT2D eigenvalue weighted by Gasteiger charge is 1.94. The first kappa shape index (κ1) is 7.35. The van der Waals surface area contributed by atoms with Crippen molar-refractivity contribution in [2.45, 2.75) is 6.92 Å². The normalized spacial score (nSPS) is 8.45. The van der Waals surface area contributed by atoms with E-state index in [2.05, 4.69) is 16.9 Å². The minimum absolute atomic E-state index is 0.305. The molecule has 2 N–H and O–H groups in total. The van der Waals surface area contributed by atoms with Crippen LogP contribution < -0.4 is 11.4 Å². The molecule has 1 aromatic rings. The number of anilines is 1. The third-order valence-corrected chi connectivity index (χ3v) is 1.10. The Kier molecular flexibility index (Phi) is 1.93. The van der Waals surface area contributed by atoms with Gasteiger partial charge in [0.25, 0.3) is 0 Å². The summed E-state index contributed by atoms with van der Waals surface area (Å²) in [6.07, 6.45) is 1.35. The molecule has 0 bridgehead atoms. The molecule has 0 unspecified atom stereocenters. The van der Waals surface area contributed by atoms with Gasteiger partial charge in [0.05, 0.1) is 0 Å². The molecule has 0 amide bonds. The van der Waals surface area contributed by atoms with E-state index in [1.807, 2.05) is 0 Å². The van der Waals surface area contributed by atoms with Crippen LogP contribution in [0.15, 0.2) is 17.1 Å². The molecule has 1 rings (SSSR count). The largest absolute Gasteiger partial charge is 0.384 e. The molecular weight excluding hydrogens is 142 g/mol. The molecule has 0 aromatic carbocycles. The summed E-state index contributed by atoms with van der Waals surface area (Å²) in [7, 11) is 0. The Balaban J connectivity index is 3.40. The highest BCUT2D eigenvalue weighted by molar-refractivity contribution is 5.30. The SMILES string of the molecule is CC#Cn1c(N)ccnc1=O. The van der Waals surface area contributed by atoms with Crippen molar-refractivity contribution in [3.05, 3.63) is 22.7 Å². The van der Waals surface area contributed by atoms with Gasteiger partial charge in [0.2, 0.25) is 0 Å². The molecular formula is C7H7N3O. The quantitative estimate of drug-likeness (QED) is 0.513. The van der Waals surface area contributed by atoms with E-state index in [-0.39, 0.29) is 0 Å². The highest BCUT2D eigenvalue weighted by Crippen LogP contribution is 1.91. The first-order valence-corrected chi connectivity index (χ1v) is 3.02. The fraction of sp³-hybridized carbons (Fsp3) is 0.143. The second kappa shape index (κ2) is 2.88. The first-order valence-electron chi connectivity index (χ1n) is 3.02. The monoisotopic (exact) mass is 149 g/mol. The van der Waals surface area contributed by atoms with Crippen LogP contribution in [-0.4, -0.2) is 9.55 Å². The number of rotatable bonds is 0. The molecule has 1 heterocycles. The number of nitrogens with zero attached hydrogens (tertiary/aromatic N) is 2. The van der Waals surface area contributed by atoms with E-state index in [0.29, 0.717) is 5.82 Å². The van der Waals surface area contributed by atoms with E-state index in [0.717, 1.165) is 4.57 Å². The van der Waals surface area contributed by atoms with E-state index in [1.54, 1.807) is 6.92 Å². The Morgan fingerprint density at radius 2 is 2.45 bits per heavy atom. The molecule has 0 saturated heterocycles. The van der Waals surface area contributed by atoms with E-state index < -0.39 is 5.69 Å². The van der Waals surface area contributed by atoms with Crippen LogP contribution in [0.4, 0.5) is 5.82 Å². The van der Waals surface area contributed by atoms with Gasteiger partial charge in [-0.3, -0.25) is 0 Å². The molecule has 0 aliphatic rings. The fourth-order valence-electron chi connectivity index (χ4n) is 0.644. The number of aromatic nitrogens is 2. The van der Waals surface area contributed by atoms with E-state index >= 15 is 0 Å². The Hall–Kier alpha value is -1.76. The summed E-state index contributed by atoms with van der Waals surface area (Å²) in [5.41, 5.74) is 4.98. The molecule has 0 fully saturated rings. The Labute approximate surface area is 63.7 Å². The maximum absolute atomic E-state index is 10.9. The van der Waals surface area contributed by atoms with Crippen LogP contribution in [0, 0.1) is 12.0 Å². The zero-order valence-electron chi connectivity index (χ0n) is 6.03. The van der Waals surface area contributed by atoms with Crippen molar-refractivity contribution in [3.8, 4) is 12.0 Å². The summed E-state index contributed by atoms with van der Waals surface area (Å²) in [6, 6.07) is 4.03. The van der Waals surface area contributed by atoms with Gasteiger partial charge in [-0.15, -0.1) is 0 Å². The van der Waals surface area contributed by atoms with Crippen molar-refractivity contribution in [2.24, 2.45) is 0 Å². The molecule has 56 valence electrons. The van der Waals surface area contributed by atoms with Gasteiger partial charge in [-0.25, -0.2) is 14.3 Å². The minimum Gasteiger partial charge on any atom is -0.384 e. The Morgan fingerprint density at radius 3 is 3.00 bits per heavy atom. The molecule has 4 heteroatoms. The molecule has 4 nitrogen and oxygen atoms in total. The fourth-order valence-corrected chi connectivity index (χ4v) is 0.644. The molecule has 11 heavy (non-hydrogen) atoms. The summed E-state index contributed by atoms with van der Waals surface area (Å²) >= 11 is 0. The Bertz CT molecular complexity index is 369. The summed E-state index contributed by atoms with van der Waals surface area (Å²) in [5, 5.41) is 0. The van der Waals surface area contributed by atoms with Crippen molar-refractivity contribution in [2.75, 3.05) is 5.73 Å². The predicted molar refractivity (Wildman–Crippen MR) is 41.8 cm³/mol. The summed E-state index contributed by atoms with van der Waals surface area (Å²) in [6.45, 7) is 1.62. The molecule has 0 spiro atoms. The van der Waals surface area contributed by atoms with Crippen LogP contribution in [-0.2, 0) is 0 Å². The third-order valence-electron chi connectivity index (χ3n) is 1.10. The van der Waals surface area contributed by atoms with Crippen LogP contribution in [0.1, 0.15) is 6.92 Å². The lowest BCUT2D eigenvalue weighted by Gasteiger charge is -1.96. The molecule has 0 atom stereocenters. The second-order valence-electron chi connectivity index (χ2n) is 1.85. The van der Waals surface area contributed by atoms with Gasteiger partial charge in [0.15, 0.2) is 0 Å². The summed E-state index contributed by atoms with van der Waals surface area (Å²) in [4.78, 5) is 14.4. The first-order chi connectivity index (χ1) is 5.25. The van der Waals surface area contributed by atoms with Gasteiger partial charge in [0, 0.05) is 12.2 Å². The number of nitrogen functional groups attached to an aromatic ring is 1. The summed E-state index contributed by atoms with van der Waals surface area (Å²) < 4.78 is 1.10. The lowest BCUT2D eigenvalue weighted by atomic mass is 10.6. The van der Waals surface area contributed by atoms with E-state index in [1.165, 1.54) is 12.3 Å². The van der Waals surface area contributed by atoms with Gasteiger partial charge in [0.1, 0.15) is 5.82 Å². The standard InChI is InChI=1S/C7H7N3O/c1-2-5-10-6(8)3-4-9-7(10)11/h3-4H,8H2,1H3. The summed E-state index contributed by atoms with van der Waals surface area (Å²) in [5.74, 6) is 2.86. The molecule has 1 aromatic heterocycles. The van der Waals surface area contributed by atoms with Crippen LogP contribution in [0.25, 0.3) is 0 Å². The van der Waals surface area contributed by atoms with Crippen LogP contribution in [0.3, 0.4) is 0 Å². The van der Waals surface area contributed by atoms with Crippen LogP contribution in [0.5, 0.6) is 0 Å². The van der Waals surface area contributed by atoms with Crippen LogP contribution in [0.2, 0.25) is 0 Å². The molecule has 0 radical (unpaired) electrons. The van der Waals surface area contributed by atoms with E-state index in [4.69, 9.17) is 5.73 Å². The smallest absolute Gasteiger partial charge is 0.361 e. The third kappa shape index (κ3) is 1.38. The van der Waals surface area contributed by atoms with Crippen molar-refractivity contribution >= 4 is 5.82 Å². The maximum Gasteiger partial charge on any atom is 0.361 e. The number of hydrogen-bond acceptors (Lipinski definition) is 3. The van der Waals surface area contributed by atoms with Gasteiger partial charge >= 0.3 is 5.69 Å². The van der Waals surface area contributed by atoms with Crippen LogP contribution >= 0.6 is 0 Å². The van der Waals surface area contributed by atoms with Gasteiger partial charge < -0.3 is 5.73 Å². The van der Waals surface area contributed by atoms with Gasteiger partial charge in [-0.2, -0.15) is 0 Å². The van der Waals surface area contributed by atoms with Crippen molar-refractivity contribution in [1.82, 2.24) is 9.55 Å². The maximum atomic E-state index is 10.9. The Morgan fingerprint density at radius 1 is 1.73 bits per heavy atom.